The largest absolute Gasteiger partial charge is 0.360 e. The molecule has 2 nitrogen and oxygen atoms in total. The molecule has 0 aromatic rings. The molecule has 0 radical (unpaired) electrons. The van der Waals surface area contributed by atoms with Gasteiger partial charge in [0.15, 0.2) is 0 Å². The Morgan fingerprint density at radius 3 is 2.50 bits per heavy atom. The van der Waals surface area contributed by atoms with Crippen LogP contribution in [0.1, 0.15) is 38.5 Å². The Morgan fingerprint density at radius 1 is 1.08 bits per heavy atom. The molecular formula is C10H19NO. The van der Waals surface area contributed by atoms with Crippen molar-refractivity contribution in [2.24, 2.45) is 0 Å². The molecule has 0 aliphatic carbocycles. The molecular weight excluding hydrogens is 150 g/mol. The fourth-order valence-corrected chi connectivity index (χ4v) is 2.48. The van der Waals surface area contributed by atoms with Crippen molar-refractivity contribution >= 4 is 0 Å². The lowest BCUT2D eigenvalue weighted by molar-refractivity contribution is -0.188. The Hall–Kier alpha value is -0.0800. The van der Waals surface area contributed by atoms with E-state index in [1.165, 1.54) is 45.1 Å². The van der Waals surface area contributed by atoms with Crippen molar-refractivity contribution in [3.63, 3.8) is 0 Å². The molecule has 2 aliphatic rings. The first-order valence-electron chi connectivity index (χ1n) is 5.19. The van der Waals surface area contributed by atoms with E-state index in [4.69, 9.17) is 4.74 Å². The molecule has 1 unspecified atom stereocenters. The molecule has 12 heavy (non-hydrogen) atoms. The normalized spacial score (nSPS) is 38.8. The quantitative estimate of drug-likeness (QED) is 0.550. The third-order valence-corrected chi connectivity index (χ3v) is 3.34. The Labute approximate surface area is 74.9 Å². The van der Waals surface area contributed by atoms with E-state index in [2.05, 4.69) is 11.9 Å². The van der Waals surface area contributed by atoms with Crippen molar-refractivity contribution in [1.29, 1.82) is 0 Å². The second-order valence-electron chi connectivity index (χ2n) is 4.13. The molecule has 1 atom stereocenters. The van der Waals surface area contributed by atoms with Gasteiger partial charge in [-0.2, -0.15) is 0 Å². The monoisotopic (exact) mass is 169 g/mol. The Morgan fingerprint density at radius 2 is 1.83 bits per heavy atom. The lowest BCUT2D eigenvalue weighted by atomic mass is 9.92. The summed E-state index contributed by atoms with van der Waals surface area (Å²) in [5.41, 5.74) is 0.149. The fraction of sp³-hybridized carbons (Fsp3) is 1.00. The summed E-state index contributed by atoms with van der Waals surface area (Å²) in [6.07, 6.45) is 7.82. The fourth-order valence-electron chi connectivity index (χ4n) is 2.48. The average molecular weight is 169 g/mol. The number of hydrogen-bond acceptors (Lipinski definition) is 2. The van der Waals surface area contributed by atoms with Crippen LogP contribution in [0.4, 0.5) is 0 Å². The van der Waals surface area contributed by atoms with Gasteiger partial charge in [0.25, 0.3) is 0 Å². The van der Waals surface area contributed by atoms with Gasteiger partial charge in [0.2, 0.25) is 0 Å². The van der Waals surface area contributed by atoms with Crippen LogP contribution < -0.4 is 0 Å². The molecule has 2 aliphatic heterocycles. The SMILES string of the molecule is CN1CCCCC12CCCCO2. The molecule has 1 spiro atoms. The lowest BCUT2D eigenvalue weighted by Gasteiger charge is -2.47. The van der Waals surface area contributed by atoms with Crippen molar-refractivity contribution in [2.75, 3.05) is 20.2 Å². The van der Waals surface area contributed by atoms with Crippen LogP contribution in [-0.4, -0.2) is 30.8 Å². The first-order valence-corrected chi connectivity index (χ1v) is 5.19. The zero-order valence-electron chi connectivity index (χ0n) is 8.01. The number of hydrogen-bond donors (Lipinski definition) is 0. The smallest absolute Gasteiger partial charge is 0.121 e. The first kappa shape index (κ1) is 8.52. The Bertz CT molecular complexity index is 144. The summed E-state index contributed by atoms with van der Waals surface area (Å²) in [6.45, 7) is 2.20. The molecule has 70 valence electrons. The van der Waals surface area contributed by atoms with Crippen LogP contribution in [0, 0.1) is 0 Å². The van der Waals surface area contributed by atoms with Gasteiger partial charge in [-0.05, 0) is 45.6 Å². The van der Waals surface area contributed by atoms with Crippen molar-refractivity contribution in [3.8, 4) is 0 Å². The highest BCUT2D eigenvalue weighted by atomic mass is 16.5. The van der Waals surface area contributed by atoms with E-state index >= 15 is 0 Å². The standard InChI is InChI=1S/C10H19NO/c1-11-8-4-2-6-10(11)7-3-5-9-12-10/h2-9H2,1H3. The number of nitrogens with zero attached hydrogens (tertiary/aromatic N) is 1. The van der Waals surface area contributed by atoms with Crippen LogP contribution in [0.5, 0.6) is 0 Å². The van der Waals surface area contributed by atoms with Crippen molar-refractivity contribution in [2.45, 2.75) is 44.2 Å². The second kappa shape index (κ2) is 3.35. The summed E-state index contributed by atoms with van der Waals surface area (Å²) in [5.74, 6) is 0. The maximum atomic E-state index is 5.94. The maximum absolute atomic E-state index is 5.94. The Balaban J connectivity index is 2.04. The van der Waals surface area contributed by atoms with Crippen LogP contribution >= 0.6 is 0 Å². The van der Waals surface area contributed by atoms with Crippen LogP contribution in [0.2, 0.25) is 0 Å². The van der Waals surface area contributed by atoms with Crippen molar-refractivity contribution in [1.82, 2.24) is 4.90 Å². The highest BCUT2D eigenvalue weighted by Gasteiger charge is 2.38. The molecule has 2 heterocycles. The minimum absolute atomic E-state index is 0.149. The van der Waals surface area contributed by atoms with E-state index in [0.29, 0.717) is 0 Å². The van der Waals surface area contributed by atoms with Gasteiger partial charge in [0.05, 0.1) is 0 Å². The van der Waals surface area contributed by atoms with E-state index < -0.39 is 0 Å². The molecule has 0 amide bonds. The minimum atomic E-state index is 0.149. The zero-order chi connectivity index (χ0) is 8.44. The minimum Gasteiger partial charge on any atom is -0.360 e. The highest BCUT2D eigenvalue weighted by molar-refractivity contribution is 4.85. The molecule has 0 N–H and O–H groups in total. The number of likely N-dealkylation sites (tertiary alicyclic amines) is 1. The predicted octanol–water partition coefficient (Wildman–Crippen LogP) is 2.00. The van der Waals surface area contributed by atoms with E-state index in [9.17, 15) is 0 Å². The lowest BCUT2D eigenvalue weighted by Crippen LogP contribution is -2.53. The first-order chi connectivity index (χ1) is 5.83. The topological polar surface area (TPSA) is 12.5 Å². The van der Waals surface area contributed by atoms with Crippen molar-refractivity contribution in [3.05, 3.63) is 0 Å². The number of piperidine rings is 1. The van der Waals surface area contributed by atoms with Crippen LogP contribution in [-0.2, 0) is 4.74 Å². The van der Waals surface area contributed by atoms with E-state index in [0.717, 1.165) is 6.61 Å². The van der Waals surface area contributed by atoms with E-state index in [1.54, 1.807) is 0 Å². The molecule has 2 heteroatoms. The van der Waals surface area contributed by atoms with Gasteiger partial charge in [0.1, 0.15) is 5.72 Å². The van der Waals surface area contributed by atoms with Crippen molar-refractivity contribution < 1.29 is 4.74 Å². The van der Waals surface area contributed by atoms with Crippen LogP contribution in [0.3, 0.4) is 0 Å². The Kier molecular flexibility index (Phi) is 2.37. The van der Waals surface area contributed by atoms with E-state index in [-0.39, 0.29) is 5.72 Å². The summed E-state index contributed by atoms with van der Waals surface area (Å²) < 4.78 is 5.94. The summed E-state index contributed by atoms with van der Waals surface area (Å²) in [6, 6.07) is 0. The van der Waals surface area contributed by atoms with Gasteiger partial charge in [0, 0.05) is 13.2 Å². The van der Waals surface area contributed by atoms with Gasteiger partial charge in [-0.25, -0.2) is 0 Å². The summed E-state index contributed by atoms with van der Waals surface area (Å²) in [5, 5.41) is 0. The van der Waals surface area contributed by atoms with Gasteiger partial charge in [-0.15, -0.1) is 0 Å². The molecule has 2 fully saturated rings. The molecule has 0 aromatic carbocycles. The maximum Gasteiger partial charge on any atom is 0.121 e. The van der Waals surface area contributed by atoms with Gasteiger partial charge < -0.3 is 4.74 Å². The molecule has 2 saturated heterocycles. The molecule has 0 saturated carbocycles. The highest BCUT2D eigenvalue weighted by Crippen LogP contribution is 2.35. The third-order valence-electron chi connectivity index (χ3n) is 3.34. The van der Waals surface area contributed by atoms with Crippen LogP contribution in [0.25, 0.3) is 0 Å². The van der Waals surface area contributed by atoms with Gasteiger partial charge in [-0.1, -0.05) is 0 Å². The molecule has 0 bridgehead atoms. The molecule has 2 rings (SSSR count). The summed E-state index contributed by atoms with van der Waals surface area (Å²) >= 11 is 0. The zero-order valence-corrected chi connectivity index (χ0v) is 8.01. The third kappa shape index (κ3) is 1.38. The summed E-state index contributed by atoms with van der Waals surface area (Å²) in [7, 11) is 2.21. The van der Waals surface area contributed by atoms with Gasteiger partial charge >= 0.3 is 0 Å². The van der Waals surface area contributed by atoms with Crippen LogP contribution in [0.15, 0.2) is 0 Å². The molecule has 0 aromatic heterocycles. The van der Waals surface area contributed by atoms with Gasteiger partial charge in [-0.3, -0.25) is 4.90 Å². The predicted molar refractivity (Wildman–Crippen MR) is 49.0 cm³/mol. The second-order valence-corrected chi connectivity index (χ2v) is 4.13. The average Bonchev–Trinajstić information content (AvgIpc) is 2.12. The number of ether oxygens (including phenoxy) is 1. The van der Waals surface area contributed by atoms with E-state index in [1.807, 2.05) is 0 Å². The summed E-state index contributed by atoms with van der Waals surface area (Å²) in [4.78, 5) is 2.43. The number of rotatable bonds is 0.